The summed E-state index contributed by atoms with van der Waals surface area (Å²) in [6, 6.07) is 4.13. The Morgan fingerprint density at radius 2 is 2.13 bits per heavy atom. The number of pyridine rings is 1. The molecule has 1 aromatic rings. The van der Waals surface area contributed by atoms with Crippen molar-refractivity contribution in [3.8, 4) is 0 Å². The van der Waals surface area contributed by atoms with E-state index in [-0.39, 0.29) is 0 Å². The third kappa shape index (κ3) is 4.52. The fourth-order valence-corrected chi connectivity index (χ4v) is 1.65. The van der Waals surface area contributed by atoms with Gasteiger partial charge in [-0.1, -0.05) is 6.42 Å². The molecule has 2 nitrogen and oxygen atoms in total. The van der Waals surface area contributed by atoms with Crippen molar-refractivity contribution < 1.29 is 0 Å². The Morgan fingerprint density at radius 3 is 2.80 bits per heavy atom. The number of nitrogens with zero attached hydrogens (tertiary/aromatic N) is 2. The lowest BCUT2D eigenvalue weighted by Gasteiger charge is -2.18. The molecule has 0 saturated heterocycles. The number of aryl methyl sites for hydroxylation is 1. The second kappa shape index (κ2) is 6.67. The highest BCUT2D eigenvalue weighted by atomic mass is 35.5. The molecule has 0 spiro atoms. The fraction of sp³-hybridized carbons (Fsp3) is 0.583. The summed E-state index contributed by atoms with van der Waals surface area (Å²) in [6.45, 7) is 3.14. The van der Waals surface area contributed by atoms with Crippen molar-refractivity contribution in [2.45, 2.75) is 26.2 Å². The minimum atomic E-state index is 0.770. The van der Waals surface area contributed by atoms with E-state index in [1.54, 1.807) is 0 Å². The number of rotatable bonds is 6. The standard InChI is InChI=1S/C12H19ClN2/c1-11-6-8-14-12(10-11)15(2)9-5-3-4-7-13/h6,8,10H,3-5,7,9H2,1-2H3. The highest BCUT2D eigenvalue weighted by Crippen LogP contribution is 2.11. The van der Waals surface area contributed by atoms with Crippen LogP contribution < -0.4 is 4.90 Å². The number of unbranched alkanes of at least 4 members (excludes halogenated alkanes) is 2. The van der Waals surface area contributed by atoms with E-state index in [1.807, 2.05) is 12.3 Å². The van der Waals surface area contributed by atoms with E-state index in [2.05, 4.69) is 29.9 Å². The molecule has 0 radical (unpaired) electrons. The minimum Gasteiger partial charge on any atom is -0.360 e. The first-order valence-electron chi connectivity index (χ1n) is 5.44. The third-order valence-corrected chi connectivity index (χ3v) is 2.69. The summed E-state index contributed by atoms with van der Waals surface area (Å²) < 4.78 is 0. The van der Waals surface area contributed by atoms with Gasteiger partial charge in [0.1, 0.15) is 5.82 Å². The van der Waals surface area contributed by atoms with E-state index in [1.165, 1.54) is 18.4 Å². The molecule has 0 N–H and O–H groups in total. The van der Waals surface area contributed by atoms with E-state index in [0.717, 1.165) is 24.7 Å². The Balaban J connectivity index is 2.36. The largest absolute Gasteiger partial charge is 0.360 e. The van der Waals surface area contributed by atoms with Gasteiger partial charge in [0.05, 0.1) is 0 Å². The van der Waals surface area contributed by atoms with Crippen molar-refractivity contribution in [3.63, 3.8) is 0 Å². The van der Waals surface area contributed by atoms with Crippen molar-refractivity contribution in [1.29, 1.82) is 0 Å². The molecule has 0 aliphatic carbocycles. The molecule has 15 heavy (non-hydrogen) atoms. The summed E-state index contributed by atoms with van der Waals surface area (Å²) in [4.78, 5) is 6.53. The van der Waals surface area contributed by atoms with Crippen LogP contribution in [0.1, 0.15) is 24.8 Å². The summed E-state index contributed by atoms with van der Waals surface area (Å²) in [5, 5.41) is 0. The molecule has 0 saturated carbocycles. The minimum absolute atomic E-state index is 0.770. The molecule has 0 amide bonds. The molecule has 0 bridgehead atoms. The van der Waals surface area contributed by atoms with Crippen molar-refractivity contribution in [2.24, 2.45) is 0 Å². The zero-order valence-electron chi connectivity index (χ0n) is 9.54. The van der Waals surface area contributed by atoms with E-state index in [9.17, 15) is 0 Å². The molecule has 3 heteroatoms. The van der Waals surface area contributed by atoms with Crippen LogP contribution in [-0.2, 0) is 0 Å². The summed E-state index contributed by atoms with van der Waals surface area (Å²) in [6.07, 6.45) is 5.34. The van der Waals surface area contributed by atoms with Crippen LogP contribution in [0.4, 0.5) is 5.82 Å². The van der Waals surface area contributed by atoms with Gasteiger partial charge in [0.25, 0.3) is 0 Å². The van der Waals surface area contributed by atoms with Crippen LogP contribution in [0.15, 0.2) is 18.3 Å². The Hall–Kier alpha value is -0.760. The lowest BCUT2D eigenvalue weighted by Crippen LogP contribution is -2.19. The molecule has 0 aliphatic rings. The normalized spacial score (nSPS) is 10.3. The average molecular weight is 227 g/mol. The van der Waals surface area contributed by atoms with Crippen molar-refractivity contribution in [3.05, 3.63) is 23.9 Å². The molecule has 0 aromatic carbocycles. The number of halogens is 1. The smallest absolute Gasteiger partial charge is 0.128 e. The molecule has 1 rings (SSSR count). The highest BCUT2D eigenvalue weighted by Gasteiger charge is 2.01. The zero-order valence-corrected chi connectivity index (χ0v) is 10.3. The van der Waals surface area contributed by atoms with Crippen LogP contribution in [0, 0.1) is 6.92 Å². The van der Waals surface area contributed by atoms with Gasteiger partial charge < -0.3 is 4.90 Å². The van der Waals surface area contributed by atoms with Crippen LogP contribution in [-0.4, -0.2) is 24.5 Å². The summed E-state index contributed by atoms with van der Waals surface area (Å²) >= 11 is 5.63. The highest BCUT2D eigenvalue weighted by molar-refractivity contribution is 6.17. The summed E-state index contributed by atoms with van der Waals surface area (Å²) in [7, 11) is 2.09. The Kier molecular flexibility index (Phi) is 5.48. The van der Waals surface area contributed by atoms with Crippen molar-refractivity contribution in [1.82, 2.24) is 4.98 Å². The van der Waals surface area contributed by atoms with E-state index >= 15 is 0 Å². The average Bonchev–Trinajstić information content (AvgIpc) is 2.24. The number of alkyl halides is 1. The van der Waals surface area contributed by atoms with Gasteiger partial charge in [-0.05, 0) is 37.5 Å². The molecule has 0 aliphatic heterocycles. The van der Waals surface area contributed by atoms with Crippen LogP contribution in [0.25, 0.3) is 0 Å². The Labute approximate surface area is 97.3 Å². The van der Waals surface area contributed by atoms with Gasteiger partial charge in [-0.15, -0.1) is 11.6 Å². The van der Waals surface area contributed by atoms with Crippen LogP contribution in [0.3, 0.4) is 0 Å². The molecular weight excluding hydrogens is 208 g/mol. The molecule has 0 fully saturated rings. The Bertz CT molecular complexity index is 289. The summed E-state index contributed by atoms with van der Waals surface area (Å²) in [5.41, 5.74) is 1.26. The quantitative estimate of drug-likeness (QED) is 0.547. The van der Waals surface area contributed by atoms with Crippen LogP contribution in [0.5, 0.6) is 0 Å². The first kappa shape index (κ1) is 12.3. The predicted octanol–water partition coefficient (Wildman–Crippen LogP) is 3.24. The maximum atomic E-state index is 5.63. The summed E-state index contributed by atoms with van der Waals surface area (Å²) in [5.74, 6) is 1.83. The van der Waals surface area contributed by atoms with E-state index in [0.29, 0.717) is 0 Å². The number of aromatic nitrogens is 1. The maximum absolute atomic E-state index is 5.63. The molecule has 84 valence electrons. The third-order valence-electron chi connectivity index (χ3n) is 2.42. The predicted molar refractivity (Wildman–Crippen MR) is 66.8 cm³/mol. The van der Waals surface area contributed by atoms with Crippen molar-refractivity contribution in [2.75, 3.05) is 24.4 Å². The van der Waals surface area contributed by atoms with Gasteiger partial charge in [-0.2, -0.15) is 0 Å². The number of hydrogen-bond donors (Lipinski definition) is 0. The van der Waals surface area contributed by atoms with E-state index in [4.69, 9.17) is 11.6 Å². The van der Waals surface area contributed by atoms with Gasteiger partial charge in [0, 0.05) is 25.7 Å². The SMILES string of the molecule is Cc1ccnc(N(C)CCCCCCl)c1. The first-order valence-corrected chi connectivity index (χ1v) is 5.97. The topological polar surface area (TPSA) is 16.1 Å². The number of anilines is 1. The lowest BCUT2D eigenvalue weighted by molar-refractivity contribution is 0.704. The zero-order chi connectivity index (χ0) is 11.1. The lowest BCUT2D eigenvalue weighted by atomic mass is 10.2. The molecule has 0 unspecified atom stereocenters. The first-order chi connectivity index (χ1) is 7.24. The van der Waals surface area contributed by atoms with Gasteiger partial charge in [-0.25, -0.2) is 4.98 Å². The second-order valence-electron chi connectivity index (χ2n) is 3.86. The molecule has 0 atom stereocenters. The van der Waals surface area contributed by atoms with Crippen molar-refractivity contribution >= 4 is 17.4 Å². The number of hydrogen-bond acceptors (Lipinski definition) is 2. The fourth-order valence-electron chi connectivity index (χ4n) is 1.46. The van der Waals surface area contributed by atoms with Crippen LogP contribution in [0.2, 0.25) is 0 Å². The maximum Gasteiger partial charge on any atom is 0.128 e. The molecule has 1 aromatic heterocycles. The second-order valence-corrected chi connectivity index (χ2v) is 4.24. The molecular formula is C12H19ClN2. The molecule has 1 heterocycles. The van der Waals surface area contributed by atoms with Gasteiger partial charge in [0.2, 0.25) is 0 Å². The monoisotopic (exact) mass is 226 g/mol. The van der Waals surface area contributed by atoms with Crippen LogP contribution >= 0.6 is 11.6 Å². The Morgan fingerprint density at radius 1 is 1.33 bits per heavy atom. The van der Waals surface area contributed by atoms with Gasteiger partial charge in [-0.3, -0.25) is 0 Å². The van der Waals surface area contributed by atoms with Gasteiger partial charge in [0.15, 0.2) is 0 Å². The van der Waals surface area contributed by atoms with E-state index < -0.39 is 0 Å². The van der Waals surface area contributed by atoms with Gasteiger partial charge >= 0.3 is 0 Å².